The molecule has 0 bridgehead atoms. The van der Waals surface area contributed by atoms with Gasteiger partial charge >= 0.3 is 0 Å². The van der Waals surface area contributed by atoms with Crippen molar-refractivity contribution < 1.29 is 9.59 Å². The minimum atomic E-state index is -0.197. The van der Waals surface area contributed by atoms with Crippen LogP contribution in [0.25, 0.3) is 0 Å². The van der Waals surface area contributed by atoms with Gasteiger partial charge in [-0.25, -0.2) is 0 Å². The van der Waals surface area contributed by atoms with Gasteiger partial charge in [-0.2, -0.15) is 0 Å². The van der Waals surface area contributed by atoms with Gasteiger partial charge in [0.05, 0.1) is 17.8 Å². The number of hydrogen-bond donors (Lipinski definition) is 2. The molecule has 134 valence electrons. The fourth-order valence-corrected chi connectivity index (χ4v) is 3.75. The number of ketones is 1. The molecule has 0 spiro atoms. The molecule has 25 heavy (non-hydrogen) atoms. The number of carbonyl (C=O) groups excluding carboxylic acids is 2. The predicted molar refractivity (Wildman–Crippen MR) is 93.6 cm³/mol. The Hall–Kier alpha value is -2.44. The fourth-order valence-electron chi connectivity index (χ4n) is 3.75. The van der Waals surface area contributed by atoms with Crippen LogP contribution in [0.5, 0.6) is 0 Å². The normalized spacial score (nSPS) is 15.3. The Balaban J connectivity index is 1.71. The van der Waals surface area contributed by atoms with Crippen molar-refractivity contribution >= 4 is 11.7 Å². The summed E-state index contributed by atoms with van der Waals surface area (Å²) in [5, 5.41) is 11.1. The highest BCUT2D eigenvalue weighted by atomic mass is 16.1. The van der Waals surface area contributed by atoms with Crippen LogP contribution >= 0.6 is 0 Å². The number of hydrogen-bond acceptors (Lipinski definition) is 4. The highest BCUT2D eigenvalue weighted by Crippen LogP contribution is 2.28. The van der Waals surface area contributed by atoms with Crippen LogP contribution in [0, 0.1) is 13.8 Å². The van der Waals surface area contributed by atoms with Gasteiger partial charge in [-0.15, -0.1) is 10.2 Å². The SMILES string of the molecule is CC(=O)c1[nH]c(C)c(C(=O)NCc2nncn2C2CCCCC2)c1C. The first-order valence-electron chi connectivity index (χ1n) is 8.85. The Morgan fingerprint density at radius 1 is 1.28 bits per heavy atom. The van der Waals surface area contributed by atoms with E-state index in [1.807, 2.05) is 0 Å². The molecule has 2 heterocycles. The summed E-state index contributed by atoms with van der Waals surface area (Å²) in [5.74, 6) is 0.506. The van der Waals surface area contributed by atoms with Crippen molar-refractivity contribution in [3.8, 4) is 0 Å². The van der Waals surface area contributed by atoms with Gasteiger partial charge in [-0.05, 0) is 32.3 Å². The van der Waals surface area contributed by atoms with Gasteiger partial charge in [-0.3, -0.25) is 9.59 Å². The van der Waals surface area contributed by atoms with E-state index in [0.29, 0.717) is 35.1 Å². The maximum absolute atomic E-state index is 12.6. The lowest BCUT2D eigenvalue weighted by Gasteiger charge is -2.24. The number of nitrogens with one attached hydrogen (secondary N) is 2. The van der Waals surface area contributed by atoms with E-state index in [1.165, 1.54) is 26.2 Å². The summed E-state index contributed by atoms with van der Waals surface area (Å²) in [7, 11) is 0. The molecule has 1 aliphatic rings. The smallest absolute Gasteiger partial charge is 0.253 e. The predicted octanol–water partition coefficient (Wildman–Crippen LogP) is 2.86. The van der Waals surface area contributed by atoms with E-state index in [0.717, 1.165) is 18.7 Å². The number of rotatable bonds is 5. The van der Waals surface area contributed by atoms with Crippen LogP contribution in [0.3, 0.4) is 0 Å². The van der Waals surface area contributed by atoms with Crippen LogP contribution in [-0.4, -0.2) is 31.4 Å². The van der Waals surface area contributed by atoms with Crippen molar-refractivity contribution in [1.29, 1.82) is 0 Å². The van der Waals surface area contributed by atoms with E-state index in [4.69, 9.17) is 0 Å². The maximum Gasteiger partial charge on any atom is 0.253 e. The molecule has 1 fully saturated rings. The lowest BCUT2D eigenvalue weighted by molar-refractivity contribution is 0.0947. The average molecular weight is 343 g/mol. The van der Waals surface area contributed by atoms with Crippen molar-refractivity contribution in [3.63, 3.8) is 0 Å². The van der Waals surface area contributed by atoms with Crippen molar-refractivity contribution in [1.82, 2.24) is 25.1 Å². The summed E-state index contributed by atoms with van der Waals surface area (Å²) < 4.78 is 2.09. The summed E-state index contributed by atoms with van der Waals surface area (Å²) in [4.78, 5) is 27.2. The van der Waals surface area contributed by atoms with E-state index in [1.54, 1.807) is 20.2 Å². The Morgan fingerprint density at radius 3 is 2.64 bits per heavy atom. The van der Waals surface area contributed by atoms with E-state index >= 15 is 0 Å². The monoisotopic (exact) mass is 343 g/mol. The molecule has 1 saturated carbocycles. The molecule has 0 aliphatic heterocycles. The van der Waals surface area contributed by atoms with Crippen molar-refractivity contribution in [2.75, 3.05) is 0 Å². The Morgan fingerprint density at radius 2 is 2.00 bits per heavy atom. The molecular formula is C18H25N5O2. The number of aryl methyl sites for hydroxylation is 1. The highest BCUT2D eigenvalue weighted by molar-refractivity contribution is 6.02. The Bertz CT molecular complexity index is 783. The molecule has 1 amide bonds. The van der Waals surface area contributed by atoms with Crippen molar-refractivity contribution in [2.45, 2.75) is 65.5 Å². The zero-order chi connectivity index (χ0) is 18.0. The van der Waals surface area contributed by atoms with Crippen LogP contribution < -0.4 is 5.32 Å². The number of H-pyrrole nitrogens is 1. The minimum absolute atomic E-state index is 0.0725. The first-order valence-corrected chi connectivity index (χ1v) is 8.85. The Kier molecular flexibility index (Phi) is 5.01. The third-order valence-corrected chi connectivity index (χ3v) is 5.04. The molecule has 3 rings (SSSR count). The number of carbonyl (C=O) groups is 2. The molecule has 0 unspecified atom stereocenters. The first kappa shape index (κ1) is 17.4. The third kappa shape index (κ3) is 3.50. The summed E-state index contributed by atoms with van der Waals surface area (Å²) in [5.41, 5.74) is 2.42. The zero-order valence-electron chi connectivity index (χ0n) is 15.1. The second kappa shape index (κ2) is 7.21. The summed E-state index contributed by atoms with van der Waals surface area (Å²) in [6.45, 7) is 5.42. The summed E-state index contributed by atoms with van der Waals surface area (Å²) in [6.07, 6.45) is 7.77. The number of amides is 1. The molecule has 2 aromatic heterocycles. The number of Topliss-reactive ketones (excluding diaryl/α,β-unsaturated/α-hetero) is 1. The van der Waals surface area contributed by atoms with Gasteiger partial charge in [0, 0.05) is 18.7 Å². The van der Waals surface area contributed by atoms with Crippen molar-refractivity contribution in [3.05, 3.63) is 34.7 Å². The van der Waals surface area contributed by atoms with Crippen LogP contribution in [-0.2, 0) is 6.54 Å². The van der Waals surface area contributed by atoms with Crippen LogP contribution in [0.2, 0.25) is 0 Å². The van der Waals surface area contributed by atoms with Gasteiger partial charge in [0.25, 0.3) is 5.91 Å². The number of nitrogens with zero attached hydrogens (tertiary/aromatic N) is 3. The summed E-state index contributed by atoms with van der Waals surface area (Å²) >= 11 is 0. The molecule has 1 aliphatic carbocycles. The molecule has 7 nitrogen and oxygen atoms in total. The van der Waals surface area contributed by atoms with Crippen LogP contribution in [0.15, 0.2) is 6.33 Å². The lowest BCUT2D eigenvalue weighted by Crippen LogP contribution is -2.26. The molecule has 2 N–H and O–H groups in total. The van der Waals surface area contributed by atoms with E-state index in [2.05, 4.69) is 25.1 Å². The quantitative estimate of drug-likeness (QED) is 0.817. The number of aromatic amines is 1. The standard InChI is InChI=1S/C18H25N5O2/c1-11-16(12(2)21-17(11)13(3)24)18(25)19-9-15-22-20-10-23(15)14-7-5-4-6-8-14/h10,14,21H,4-9H2,1-3H3,(H,19,25). The van der Waals surface area contributed by atoms with Crippen LogP contribution in [0.1, 0.15) is 83.0 Å². The fraction of sp³-hybridized carbons (Fsp3) is 0.556. The van der Waals surface area contributed by atoms with Gasteiger partial charge in [0.15, 0.2) is 11.6 Å². The summed E-state index contributed by atoms with van der Waals surface area (Å²) in [6, 6.07) is 0.427. The zero-order valence-corrected chi connectivity index (χ0v) is 15.1. The van der Waals surface area contributed by atoms with Crippen molar-refractivity contribution in [2.24, 2.45) is 0 Å². The highest BCUT2D eigenvalue weighted by Gasteiger charge is 2.22. The second-order valence-corrected chi connectivity index (χ2v) is 6.81. The maximum atomic E-state index is 12.6. The topological polar surface area (TPSA) is 92.7 Å². The number of aromatic nitrogens is 4. The van der Waals surface area contributed by atoms with Gasteiger partial charge in [-0.1, -0.05) is 19.3 Å². The average Bonchev–Trinajstić information content (AvgIpc) is 3.18. The van der Waals surface area contributed by atoms with E-state index < -0.39 is 0 Å². The largest absolute Gasteiger partial charge is 0.355 e. The molecule has 2 aromatic rings. The molecule has 0 aromatic carbocycles. The molecule has 0 radical (unpaired) electrons. The van der Waals surface area contributed by atoms with E-state index in [-0.39, 0.29) is 11.7 Å². The minimum Gasteiger partial charge on any atom is -0.355 e. The second-order valence-electron chi connectivity index (χ2n) is 6.81. The van der Waals surface area contributed by atoms with E-state index in [9.17, 15) is 9.59 Å². The van der Waals surface area contributed by atoms with Gasteiger partial charge in [0.2, 0.25) is 0 Å². The molecule has 0 saturated heterocycles. The molecule has 0 atom stereocenters. The van der Waals surface area contributed by atoms with Gasteiger partial charge in [0.1, 0.15) is 6.33 Å². The molecule has 7 heteroatoms. The van der Waals surface area contributed by atoms with Gasteiger partial charge < -0.3 is 14.9 Å². The third-order valence-electron chi connectivity index (χ3n) is 5.04. The van der Waals surface area contributed by atoms with Crippen LogP contribution in [0.4, 0.5) is 0 Å². The lowest BCUT2D eigenvalue weighted by atomic mass is 9.95. The molecular weight excluding hydrogens is 318 g/mol. The Labute approximate surface area is 147 Å². The first-order chi connectivity index (χ1) is 12.0.